The second-order valence-corrected chi connectivity index (χ2v) is 8.85. The lowest BCUT2D eigenvalue weighted by atomic mass is 10.0. The van der Waals surface area contributed by atoms with Crippen LogP contribution in [0.5, 0.6) is 0 Å². The third-order valence-corrected chi connectivity index (χ3v) is 6.25. The molecule has 0 saturated heterocycles. The van der Waals surface area contributed by atoms with Crippen LogP contribution in [-0.2, 0) is 14.3 Å². The molecule has 1 atom stereocenters. The number of hydrogen-bond acceptors (Lipinski definition) is 8. The van der Waals surface area contributed by atoms with Crippen LogP contribution in [0.15, 0.2) is 42.5 Å². The Hall–Kier alpha value is -4.32. The topological polar surface area (TPSA) is 158 Å². The number of nitrogens with zero attached hydrogens (tertiary/aromatic N) is 2. The van der Waals surface area contributed by atoms with Crippen LogP contribution >= 0.6 is 11.5 Å². The van der Waals surface area contributed by atoms with E-state index in [9.17, 15) is 23.6 Å². The van der Waals surface area contributed by atoms with Gasteiger partial charge in [-0.1, -0.05) is 24.3 Å². The monoisotopic (exact) mass is 527 g/mol. The van der Waals surface area contributed by atoms with Gasteiger partial charge in [0.15, 0.2) is 5.69 Å². The molecule has 3 rings (SSSR count). The van der Waals surface area contributed by atoms with Gasteiger partial charge in [-0.25, -0.2) is 4.39 Å². The molecule has 37 heavy (non-hydrogen) atoms. The summed E-state index contributed by atoms with van der Waals surface area (Å²) in [5.74, 6) is -3.59. The van der Waals surface area contributed by atoms with Crippen molar-refractivity contribution in [1.29, 1.82) is 0 Å². The number of anilines is 2. The Balaban J connectivity index is 2.20. The summed E-state index contributed by atoms with van der Waals surface area (Å²) >= 11 is 0.664. The third-order valence-electron chi connectivity index (χ3n) is 5.40. The third kappa shape index (κ3) is 6.09. The number of amides is 3. The van der Waals surface area contributed by atoms with Crippen LogP contribution in [0.1, 0.15) is 49.8 Å². The molecule has 2 aromatic carbocycles. The van der Waals surface area contributed by atoms with E-state index >= 15 is 0 Å². The normalized spacial score (nSPS) is 11.5. The van der Waals surface area contributed by atoms with Gasteiger partial charge in [0.2, 0.25) is 5.91 Å². The fourth-order valence-corrected chi connectivity index (χ4v) is 4.36. The van der Waals surface area contributed by atoms with Crippen molar-refractivity contribution in [2.24, 2.45) is 5.73 Å². The van der Waals surface area contributed by atoms with Crippen LogP contribution in [0.3, 0.4) is 0 Å². The van der Waals surface area contributed by atoms with Crippen LogP contribution in [0.2, 0.25) is 0 Å². The molecule has 0 aliphatic heterocycles. The maximum atomic E-state index is 14.0. The molecule has 5 N–H and O–H groups in total. The molecule has 12 heteroatoms. The van der Waals surface area contributed by atoms with Gasteiger partial charge in [-0.15, -0.1) is 0 Å². The maximum Gasteiger partial charge on any atom is 0.325 e. The number of aryl methyl sites for hydroxylation is 2. The van der Waals surface area contributed by atoms with Crippen molar-refractivity contribution >= 4 is 46.6 Å². The summed E-state index contributed by atoms with van der Waals surface area (Å²) in [6.07, 6.45) is 0. The lowest BCUT2D eigenvalue weighted by molar-refractivity contribution is -0.143. The fourth-order valence-electron chi connectivity index (χ4n) is 3.61. The molecule has 0 unspecified atom stereocenters. The molecule has 0 saturated carbocycles. The largest absolute Gasteiger partial charge is 0.465 e. The van der Waals surface area contributed by atoms with Crippen molar-refractivity contribution in [3.05, 3.63) is 75.5 Å². The first kappa shape index (κ1) is 27.3. The first-order valence-electron chi connectivity index (χ1n) is 11.2. The van der Waals surface area contributed by atoms with Gasteiger partial charge in [0, 0.05) is 5.69 Å². The van der Waals surface area contributed by atoms with E-state index in [4.69, 9.17) is 16.2 Å². The van der Waals surface area contributed by atoms with Crippen molar-refractivity contribution in [2.45, 2.75) is 26.8 Å². The molecule has 1 heterocycles. The number of ether oxygens (including phenoxy) is 1. The van der Waals surface area contributed by atoms with E-state index in [0.717, 1.165) is 17.7 Å². The molecular formula is C25H26FN5O5S. The Labute approximate surface area is 216 Å². The van der Waals surface area contributed by atoms with E-state index in [2.05, 4.69) is 9.69 Å². The molecule has 0 fully saturated rings. The minimum atomic E-state index is -1.36. The Morgan fingerprint density at radius 2 is 1.81 bits per heavy atom. The average molecular weight is 528 g/mol. The van der Waals surface area contributed by atoms with Crippen LogP contribution in [0.4, 0.5) is 15.8 Å². The summed E-state index contributed by atoms with van der Waals surface area (Å²) < 4.78 is 22.6. The van der Waals surface area contributed by atoms with Crippen LogP contribution < -0.4 is 21.7 Å². The van der Waals surface area contributed by atoms with E-state index in [-0.39, 0.29) is 28.4 Å². The van der Waals surface area contributed by atoms with Gasteiger partial charge in [0.1, 0.15) is 23.3 Å². The van der Waals surface area contributed by atoms with Crippen molar-refractivity contribution in [3.8, 4) is 0 Å². The van der Waals surface area contributed by atoms with Gasteiger partial charge in [-0.3, -0.25) is 24.1 Å². The summed E-state index contributed by atoms with van der Waals surface area (Å²) in [6.45, 7) is 4.86. The Kier molecular flexibility index (Phi) is 8.56. The number of nitrogens with one attached hydrogen (secondary N) is 1. The Morgan fingerprint density at radius 1 is 1.14 bits per heavy atom. The van der Waals surface area contributed by atoms with Crippen LogP contribution in [0, 0.1) is 19.7 Å². The first-order chi connectivity index (χ1) is 17.5. The number of nitrogen functional groups attached to an aromatic ring is 1. The number of halogens is 1. The number of primary amides is 1. The van der Waals surface area contributed by atoms with Gasteiger partial charge in [0.05, 0.1) is 12.3 Å². The second-order valence-electron chi connectivity index (χ2n) is 8.08. The number of aromatic nitrogens is 1. The van der Waals surface area contributed by atoms with E-state index in [1.807, 2.05) is 13.0 Å². The highest BCUT2D eigenvalue weighted by atomic mass is 32.1. The predicted molar refractivity (Wildman–Crippen MR) is 137 cm³/mol. The minimum Gasteiger partial charge on any atom is -0.465 e. The number of rotatable bonds is 9. The van der Waals surface area contributed by atoms with Crippen molar-refractivity contribution in [3.63, 3.8) is 0 Å². The zero-order valence-electron chi connectivity index (χ0n) is 20.4. The molecule has 0 aliphatic carbocycles. The zero-order valence-corrected chi connectivity index (χ0v) is 21.2. The maximum absolute atomic E-state index is 14.0. The number of nitrogens with two attached hydrogens (primary N) is 2. The van der Waals surface area contributed by atoms with E-state index < -0.39 is 42.1 Å². The molecule has 0 aliphatic rings. The SMILES string of the molecule is CCOC(=O)CNC(=O)[C@H](c1ccc(F)cc1)N(C(=O)c1snc(C(N)=O)c1N)c1cc(C)ccc1C. The summed E-state index contributed by atoms with van der Waals surface area (Å²) in [5.41, 5.74) is 12.9. The first-order valence-corrected chi connectivity index (χ1v) is 12.0. The van der Waals surface area contributed by atoms with Crippen molar-refractivity contribution in [2.75, 3.05) is 23.8 Å². The predicted octanol–water partition coefficient (Wildman–Crippen LogP) is 2.65. The summed E-state index contributed by atoms with van der Waals surface area (Å²) in [6, 6.07) is 8.98. The Bertz CT molecular complexity index is 1340. The standard InChI is InChI=1S/C25H26FN5O5S/c1-4-36-18(32)12-29-24(34)21(15-7-9-16(26)10-8-15)31(17-11-13(2)5-6-14(17)3)25(35)22-19(27)20(23(28)33)30-37-22/h5-11,21H,4,12,27H2,1-3H3,(H2,28,33)(H,29,34)/t21-/m0/s1. The molecule has 1 aromatic heterocycles. The average Bonchev–Trinajstić information content (AvgIpc) is 3.25. The van der Waals surface area contributed by atoms with Crippen LogP contribution in [-0.4, -0.2) is 41.2 Å². The van der Waals surface area contributed by atoms with Gasteiger partial charge in [-0.2, -0.15) is 4.37 Å². The fraction of sp³-hybridized carbons (Fsp3) is 0.240. The van der Waals surface area contributed by atoms with Crippen molar-refractivity contribution < 1.29 is 28.3 Å². The highest BCUT2D eigenvalue weighted by Gasteiger charge is 2.37. The molecule has 194 valence electrons. The summed E-state index contributed by atoms with van der Waals surface area (Å²) in [5, 5.41) is 2.49. The number of esters is 1. The number of benzene rings is 2. The zero-order chi connectivity index (χ0) is 27.3. The van der Waals surface area contributed by atoms with E-state index in [1.54, 1.807) is 26.0 Å². The second kappa shape index (κ2) is 11.6. The molecule has 10 nitrogen and oxygen atoms in total. The van der Waals surface area contributed by atoms with E-state index in [1.165, 1.54) is 17.0 Å². The highest BCUT2D eigenvalue weighted by molar-refractivity contribution is 7.09. The molecular weight excluding hydrogens is 501 g/mol. The number of hydrogen-bond donors (Lipinski definition) is 3. The van der Waals surface area contributed by atoms with Gasteiger partial charge < -0.3 is 21.5 Å². The van der Waals surface area contributed by atoms with Crippen molar-refractivity contribution in [1.82, 2.24) is 9.69 Å². The molecule has 3 amide bonds. The smallest absolute Gasteiger partial charge is 0.325 e. The lowest BCUT2D eigenvalue weighted by Gasteiger charge is -2.32. The highest BCUT2D eigenvalue weighted by Crippen LogP contribution is 2.35. The summed E-state index contributed by atoms with van der Waals surface area (Å²) in [7, 11) is 0. The van der Waals surface area contributed by atoms with Gasteiger partial charge in [-0.05, 0) is 67.2 Å². The molecule has 0 bridgehead atoms. The summed E-state index contributed by atoms with van der Waals surface area (Å²) in [4.78, 5) is 52.3. The lowest BCUT2D eigenvalue weighted by Crippen LogP contribution is -2.45. The molecule has 3 aromatic rings. The quantitative estimate of drug-likeness (QED) is 0.361. The Morgan fingerprint density at radius 3 is 2.41 bits per heavy atom. The van der Waals surface area contributed by atoms with Crippen LogP contribution in [0.25, 0.3) is 0 Å². The number of carbonyl (C=O) groups is 4. The minimum absolute atomic E-state index is 0.111. The molecule has 0 radical (unpaired) electrons. The van der Waals surface area contributed by atoms with E-state index in [0.29, 0.717) is 22.8 Å². The van der Waals surface area contributed by atoms with Gasteiger partial charge in [0.25, 0.3) is 11.8 Å². The molecule has 0 spiro atoms. The number of carbonyl (C=O) groups excluding carboxylic acids is 4. The van der Waals surface area contributed by atoms with Gasteiger partial charge >= 0.3 is 5.97 Å².